The molecule has 0 radical (unpaired) electrons. The predicted octanol–water partition coefficient (Wildman–Crippen LogP) is 4.45. The van der Waals surface area contributed by atoms with E-state index in [4.69, 9.17) is 36.7 Å². The smallest absolute Gasteiger partial charge is 0.409 e. The molecule has 1 saturated heterocycles. The molecule has 0 spiro atoms. The van der Waals surface area contributed by atoms with E-state index in [0.29, 0.717) is 61.2 Å². The van der Waals surface area contributed by atoms with Crippen molar-refractivity contribution in [2.45, 2.75) is 35.4 Å². The molecule has 1 atom stereocenters. The van der Waals surface area contributed by atoms with Gasteiger partial charge < -0.3 is 14.7 Å². The molecule has 1 saturated carbocycles. The van der Waals surface area contributed by atoms with Crippen LogP contribution < -0.4 is 10.2 Å². The second-order valence-electron chi connectivity index (χ2n) is 9.31. The third-order valence-electron chi connectivity index (χ3n) is 6.80. The molecular weight excluding hydrogens is 530 g/mol. The van der Waals surface area contributed by atoms with E-state index >= 15 is 0 Å². The van der Waals surface area contributed by atoms with E-state index in [0.717, 1.165) is 0 Å². The first kappa shape index (κ1) is 25.9. The number of anilines is 2. The zero-order valence-electron chi connectivity index (χ0n) is 20.4. The summed E-state index contributed by atoms with van der Waals surface area (Å²) in [6, 6.07) is 14.4. The van der Waals surface area contributed by atoms with Crippen molar-refractivity contribution >= 4 is 39.0 Å². The van der Waals surface area contributed by atoms with Crippen LogP contribution in [0, 0.1) is 11.3 Å². The summed E-state index contributed by atoms with van der Waals surface area (Å²) in [4.78, 5) is 22.5. The summed E-state index contributed by atoms with van der Waals surface area (Å²) in [7, 11) is -3.97. The SMILES string of the molecule is C[C@H]1COCCN1c1cc(C2(S(=O)(=O)c3ccc(C#N)cc3Cl)CC2)nc(-c2ccc(NC(=O)O)cc2)n1. The standard InChI is InChI=1S/C26H24ClN5O5S/c1-16-15-37-11-10-32(16)23-13-22(30-24(31-23)18-3-5-19(6-4-18)29-25(33)34)26(8-9-26)38(35,36)21-7-2-17(14-28)12-20(21)27/h2-7,12-13,16,29H,8-11,15H2,1H3,(H,33,34)/t16-/m0/s1. The Balaban J connectivity index is 1.62. The third kappa shape index (κ3) is 4.67. The molecule has 10 nitrogen and oxygen atoms in total. The van der Waals surface area contributed by atoms with E-state index in [-0.39, 0.29) is 21.5 Å². The van der Waals surface area contributed by atoms with Crippen LogP contribution in [0.1, 0.15) is 31.0 Å². The van der Waals surface area contributed by atoms with Gasteiger partial charge in [-0.05, 0) is 62.2 Å². The molecule has 0 unspecified atom stereocenters. The van der Waals surface area contributed by atoms with Crippen LogP contribution in [0.15, 0.2) is 53.4 Å². The predicted molar refractivity (Wildman–Crippen MR) is 141 cm³/mol. The highest BCUT2D eigenvalue weighted by atomic mass is 35.5. The monoisotopic (exact) mass is 553 g/mol. The van der Waals surface area contributed by atoms with Gasteiger partial charge in [-0.1, -0.05) is 11.6 Å². The van der Waals surface area contributed by atoms with Gasteiger partial charge in [-0.15, -0.1) is 0 Å². The van der Waals surface area contributed by atoms with Crippen molar-refractivity contribution in [1.82, 2.24) is 9.97 Å². The molecule has 12 heteroatoms. The van der Waals surface area contributed by atoms with Crippen molar-refractivity contribution in [2.24, 2.45) is 0 Å². The Morgan fingerprint density at radius 2 is 1.95 bits per heavy atom. The van der Waals surface area contributed by atoms with Crippen LogP contribution in [0.5, 0.6) is 0 Å². The van der Waals surface area contributed by atoms with Crippen LogP contribution in [0.2, 0.25) is 5.02 Å². The van der Waals surface area contributed by atoms with Gasteiger partial charge in [0.15, 0.2) is 15.7 Å². The number of nitrogens with zero attached hydrogens (tertiary/aromatic N) is 4. The van der Waals surface area contributed by atoms with E-state index in [1.54, 1.807) is 30.3 Å². The molecule has 2 N–H and O–H groups in total. The van der Waals surface area contributed by atoms with Crippen molar-refractivity contribution in [3.8, 4) is 17.5 Å². The Morgan fingerprint density at radius 3 is 2.55 bits per heavy atom. The van der Waals surface area contributed by atoms with Crippen LogP contribution >= 0.6 is 11.6 Å². The Labute approximate surface area is 224 Å². The topological polar surface area (TPSA) is 146 Å². The van der Waals surface area contributed by atoms with E-state index in [1.165, 1.54) is 18.2 Å². The summed E-state index contributed by atoms with van der Waals surface area (Å²) in [5.74, 6) is 0.909. The minimum Gasteiger partial charge on any atom is -0.465 e. The molecule has 38 heavy (non-hydrogen) atoms. The van der Waals surface area contributed by atoms with Crippen molar-refractivity contribution in [3.05, 3.63) is 64.8 Å². The highest BCUT2D eigenvalue weighted by Gasteiger charge is 2.58. The van der Waals surface area contributed by atoms with Gasteiger partial charge in [0.1, 0.15) is 10.6 Å². The number of nitriles is 1. The quantitative estimate of drug-likeness (QED) is 0.452. The molecule has 2 aromatic carbocycles. The van der Waals surface area contributed by atoms with Gasteiger partial charge in [0.05, 0.1) is 46.5 Å². The first-order chi connectivity index (χ1) is 18.1. The Bertz CT molecular complexity index is 1550. The largest absolute Gasteiger partial charge is 0.465 e. The van der Waals surface area contributed by atoms with Gasteiger partial charge in [-0.25, -0.2) is 23.2 Å². The average molecular weight is 554 g/mol. The van der Waals surface area contributed by atoms with Gasteiger partial charge >= 0.3 is 6.09 Å². The van der Waals surface area contributed by atoms with Crippen LogP contribution in [0.3, 0.4) is 0 Å². The van der Waals surface area contributed by atoms with Gasteiger partial charge in [-0.2, -0.15) is 5.26 Å². The van der Waals surface area contributed by atoms with Gasteiger partial charge in [0, 0.05) is 23.9 Å². The van der Waals surface area contributed by atoms with Gasteiger partial charge in [0.25, 0.3) is 0 Å². The van der Waals surface area contributed by atoms with Gasteiger partial charge in [-0.3, -0.25) is 5.32 Å². The number of ether oxygens (including phenoxy) is 1. The Hall–Kier alpha value is -3.72. The number of hydrogen-bond acceptors (Lipinski definition) is 8. The number of nitrogens with one attached hydrogen (secondary N) is 1. The van der Waals surface area contributed by atoms with Crippen LogP contribution in [0.25, 0.3) is 11.4 Å². The zero-order chi connectivity index (χ0) is 27.1. The van der Waals surface area contributed by atoms with Crippen molar-refractivity contribution < 1.29 is 23.1 Å². The lowest BCUT2D eigenvalue weighted by atomic mass is 10.1. The third-order valence-corrected chi connectivity index (χ3v) is 9.81. The molecule has 196 valence electrons. The number of sulfone groups is 1. The maximum atomic E-state index is 14.0. The fourth-order valence-electron chi connectivity index (χ4n) is 4.61. The number of aromatic nitrogens is 2. The van der Waals surface area contributed by atoms with E-state index in [2.05, 4.69) is 10.2 Å². The minimum atomic E-state index is -3.97. The minimum absolute atomic E-state index is 0.00634. The summed E-state index contributed by atoms with van der Waals surface area (Å²) >= 11 is 6.33. The molecule has 1 amide bonds. The lowest BCUT2D eigenvalue weighted by Gasteiger charge is -2.34. The van der Waals surface area contributed by atoms with Crippen molar-refractivity contribution in [3.63, 3.8) is 0 Å². The van der Waals surface area contributed by atoms with E-state index in [9.17, 15) is 13.2 Å². The first-order valence-electron chi connectivity index (χ1n) is 11.9. The average Bonchev–Trinajstić information content (AvgIpc) is 3.71. The molecule has 5 rings (SSSR count). The van der Waals surface area contributed by atoms with Crippen LogP contribution in [-0.2, 0) is 19.3 Å². The van der Waals surface area contributed by atoms with Crippen molar-refractivity contribution in [1.29, 1.82) is 5.26 Å². The fourth-order valence-corrected chi connectivity index (χ4v) is 7.10. The summed E-state index contributed by atoms with van der Waals surface area (Å²) in [6.45, 7) is 3.61. The maximum Gasteiger partial charge on any atom is 0.409 e. The summed E-state index contributed by atoms with van der Waals surface area (Å²) in [6.07, 6.45) is -0.453. The first-order valence-corrected chi connectivity index (χ1v) is 13.8. The highest BCUT2D eigenvalue weighted by molar-refractivity contribution is 7.92. The second kappa shape index (κ2) is 9.87. The Morgan fingerprint density at radius 1 is 1.21 bits per heavy atom. The Kier molecular flexibility index (Phi) is 6.73. The second-order valence-corrected chi connectivity index (χ2v) is 11.9. The number of carboxylic acid groups (broad SMARTS) is 1. The van der Waals surface area contributed by atoms with Gasteiger partial charge in [0.2, 0.25) is 0 Å². The highest BCUT2D eigenvalue weighted by Crippen LogP contribution is 2.56. The van der Waals surface area contributed by atoms with Crippen molar-refractivity contribution in [2.75, 3.05) is 30.0 Å². The number of amides is 1. The molecule has 0 bridgehead atoms. The lowest BCUT2D eigenvalue weighted by molar-refractivity contribution is 0.0985. The molecule has 1 aliphatic heterocycles. The van der Waals surface area contributed by atoms with Crippen LogP contribution in [-0.4, -0.2) is 55.4 Å². The zero-order valence-corrected chi connectivity index (χ0v) is 22.0. The molecule has 1 aromatic heterocycles. The van der Waals surface area contributed by atoms with E-state index in [1.807, 2.05) is 13.0 Å². The number of carbonyl (C=O) groups is 1. The number of halogens is 1. The maximum absolute atomic E-state index is 14.0. The number of rotatable bonds is 6. The van der Waals surface area contributed by atoms with E-state index < -0.39 is 20.7 Å². The summed E-state index contributed by atoms with van der Waals surface area (Å²) in [5, 5.41) is 20.4. The summed E-state index contributed by atoms with van der Waals surface area (Å²) in [5.41, 5.74) is 1.63. The molecule has 1 aliphatic carbocycles. The molecule has 2 fully saturated rings. The lowest BCUT2D eigenvalue weighted by Crippen LogP contribution is -2.44. The molecular formula is C26H24ClN5O5S. The number of hydrogen-bond donors (Lipinski definition) is 2. The molecule has 2 heterocycles. The fraction of sp³-hybridized carbons (Fsp3) is 0.308. The molecule has 2 aliphatic rings. The normalized spacial score (nSPS) is 18.4. The summed E-state index contributed by atoms with van der Waals surface area (Å²) < 4.78 is 32.2. The number of benzene rings is 2. The number of morpholine rings is 1. The van der Waals surface area contributed by atoms with Crippen LogP contribution in [0.4, 0.5) is 16.3 Å². The molecule has 3 aromatic rings.